The van der Waals surface area contributed by atoms with Gasteiger partial charge in [0.1, 0.15) is 5.58 Å². The molecule has 1 aromatic heterocycles. The third-order valence-electron chi connectivity index (χ3n) is 2.64. The molecule has 1 aromatic carbocycles. The number of aryl methyl sites for hydroxylation is 1. The third-order valence-corrected chi connectivity index (χ3v) is 3.55. The summed E-state index contributed by atoms with van der Waals surface area (Å²) >= 11 is 0. The second-order valence-electron chi connectivity index (χ2n) is 3.87. The molecule has 0 fully saturated rings. The van der Waals surface area contributed by atoms with E-state index in [-0.39, 0.29) is 40.8 Å². The van der Waals surface area contributed by atoms with E-state index in [1.807, 2.05) is 0 Å². The van der Waals surface area contributed by atoms with Gasteiger partial charge in [-0.05, 0) is 24.6 Å². The molecule has 1 N–H and O–H groups in total. The Hall–Kier alpha value is -0.860. The summed E-state index contributed by atoms with van der Waals surface area (Å²) in [6, 6.07) is 5.89. The Labute approximate surface area is 132 Å². The number of hydrogen-bond acceptors (Lipinski definition) is 4. The fourth-order valence-electron chi connectivity index (χ4n) is 1.64. The van der Waals surface area contributed by atoms with Gasteiger partial charge in [0.15, 0.2) is 0 Å². The molecule has 0 amide bonds. The van der Waals surface area contributed by atoms with Crippen LogP contribution in [0.25, 0.3) is 11.0 Å². The molecule has 98 valence electrons. The minimum absolute atomic E-state index is 0. The zero-order chi connectivity index (χ0) is 13.5. The van der Waals surface area contributed by atoms with Crippen LogP contribution in [0.4, 0.5) is 5.69 Å². The van der Waals surface area contributed by atoms with Crippen molar-refractivity contribution in [3.8, 4) is 0 Å². The van der Waals surface area contributed by atoms with Gasteiger partial charge in [0.25, 0.3) is 0 Å². The van der Waals surface area contributed by atoms with Crippen LogP contribution in [0.15, 0.2) is 33.5 Å². The van der Waals surface area contributed by atoms with E-state index >= 15 is 0 Å². The quantitative estimate of drug-likeness (QED) is 0.500. The molecule has 0 unspecified atom stereocenters. The first-order chi connectivity index (χ1) is 8.29. The van der Waals surface area contributed by atoms with Gasteiger partial charge in [-0.15, -0.1) is 0 Å². The maximum atomic E-state index is 11.2. The van der Waals surface area contributed by atoms with Crippen LogP contribution in [0.5, 0.6) is 0 Å². The molecule has 0 atom stereocenters. The average molecular weight is 293 g/mol. The maximum absolute atomic E-state index is 11.2. The summed E-state index contributed by atoms with van der Waals surface area (Å²) in [5.41, 5.74) is 0.709. The first kappa shape index (κ1) is 16.2. The molecule has 19 heavy (non-hydrogen) atoms. The number of rotatable bonds is 2. The average Bonchev–Trinajstić information content (AvgIpc) is 2.25. The van der Waals surface area contributed by atoms with Crippen molar-refractivity contribution >= 4 is 56.5 Å². The molecule has 2 rings (SSSR count). The summed E-state index contributed by atoms with van der Waals surface area (Å²) in [5.74, 6) is 0. The van der Waals surface area contributed by atoms with Crippen molar-refractivity contribution in [2.24, 2.45) is 0 Å². The molecule has 0 aliphatic heterocycles. The van der Waals surface area contributed by atoms with E-state index in [1.165, 1.54) is 25.2 Å². The van der Waals surface area contributed by atoms with Crippen LogP contribution >= 0.6 is 0 Å². The van der Waals surface area contributed by atoms with Crippen molar-refractivity contribution in [3.05, 3.63) is 40.2 Å². The van der Waals surface area contributed by atoms with E-state index in [0.29, 0.717) is 9.69 Å². The fourth-order valence-corrected chi connectivity index (χ4v) is 2.02. The Bertz CT molecular complexity index is 768. The topological polar surface area (TPSA) is 87.8 Å². The second-order valence-corrected chi connectivity index (χ2v) is 5.32. The van der Waals surface area contributed by atoms with Crippen LogP contribution in [0.3, 0.4) is 0 Å². The first-order valence-corrected chi connectivity index (χ1v) is 6.44. The molecule has 0 saturated heterocycles. The van der Waals surface area contributed by atoms with Crippen molar-refractivity contribution < 1.29 is 17.4 Å². The van der Waals surface area contributed by atoms with Crippen molar-refractivity contribution in [2.75, 3.05) is 11.4 Å². The SMILES string of the molecule is Cc1cc(=O)oc2cc(N(C)S(=O)(=O)O)ccc12.[NaH]. The number of benzene rings is 1. The molecule has 0 bridgehead atoms. The number of fused-ring (bicyclic) bond motifs is 1. The van der Waals surface area contributed by atoms with Crippen LogP contribution in [0.1, 0.15) is 5.56 Å². The summed E-state index contributed by atoms with van der Waals surface area (Å²) in [5, 5.41) is 0.710. The van der Waals surface area contributed by atoms with Gasteiger partial charge in [0.2, 0.25) is 0 Å². The second kappa shape index (κ2) is 5.64. The predicted octanol–water partition coefficient (Wildman–Crippen LogP) is 0.692. The van der Waals surface area contributed by atoms with E-state index in [1.54, 1.807) is 13.0 Å². The van der Waals surface area contributed by atoms with E-state index in [0.717, 1.165) is 5.56 Å². The zero-order valence-electron chi connectivity index (χ0n) is 9.75. The molecule has 0 aliphatic rings. The van der Waals surface area contributed by atoms with Gasteiger partial charge < -0.3 is 4.42 Å². The third kappa shape index (κ3) is 3.37. The van der Waals surface area contributed by atoms with Crippen LogP contribution in [0.2, 0.25) is 0 Å². The van der Waals surface area contributed by atoms with Gasteiger partial charge in [-0.1, -0.05) is 0 Å². The van der Waals surface area contributed by atoms with Gasteiger partial charge >= 0.3 is 45.5 Å². The summed E-state index contributed by atoms with van der Waals surface area (Å²) in [4.78, 5) is 11.2. The molecular weight excluding hydrogens is 281 g/mol. The molecule has 0 aliphatic carbocycles. The van der Waals surface area contributed by atoms with Gasteiger partial charge in [-0.2, -0.15) is 8.42 Å². The minimum atomic E-state index is -4.33. The Balaban J connectivity index is 0.00000180. The molecule has 1 heterocycles. The van der Waals surface area contributed by atoms with Gasteiger partial charge in [-0.3, -0.25) is 8.86 Å². The van der Waals surface area contributed by atoms with Gasteiger partial charge in [0, 0.05) is 24.6 Å². The normalized spacial score (nSPS) is 11.1. The van der Waals surface area contributed by atoms with E-state index < -0.39 is 15.9 Å². The van der Waals surface area contributed by atoms with Crippen LogP contribution in [-0.2, 0) is 10.3 Å². The predicted molar refractivity (Wildman–Crippen MR) is 74.3 cm³/mol. The summed E-state index contributed by atoms with van der Waals surface area (Å²) < 4.78 is 36.6. The van der Waals surface area contributed by atoms with Gasteiger partial charge in [-0.25, -0.2) is 4.79 Å². The summed E-state index contributed by atoms with van der Waals surface area (Å²) in [6.07, 6.45) is 0. The molecule has 8 heteroatoms. The van der Waals surface area contributed by atoms with Crippen LogP contribution < -0.4 is 9.93 Å². The number of anilines is 1. The monoisotopic (exact) mass is 293 g/mol. The van der Waals surface area contributed by atoms with Crippen LogP contribution in [-0.4, -0.2) is 49.6 Å². The molecule has 0 spiro atoms. The Kier molecular flexibility index (Phi) is 4.81. The standard InChI is InChI=1S/C11H11NO5S.Na.H/c1-7-5-11(13)17-10-6-8(3-4-9(7)10)12(2)18(14,15)16;;/h3-6H,1-2H3,(H,14,15,16);;. The van der Waals surface area contributed by atoms with Crippen molar-refractivity contribution in [2.45, 2.75) is 6.92 Å². The Morgan fingerprint density at radius 3 is 2.47 bits per heavy atom. The number of nitrogens with zero attached hydrogens (tertiary/aromatic N) is 1. The molecule has 6 nitrogen and oxygen atoms in total. The Morgan fingerprint density at radius 2 is 1.89 bits per heavy atom. The van der Waals surface area contributed by atoms with Gasteiger partial charge in [0.05, 0.1) is 5.69 Å². The fraction of sp³-hybridized carbons (Fsp3) is 0.182. The van der Waals surface area contributed by atoms with Crippen molar-refractivity contribution in [3.63, 3.8) is 0 Å². The zero-order valence-corrected chi connectivity index (χ0v) is 10.6. The Morgan fingerprint density at radius 1 is 1.26 bits per heavy atom. The van der Waals surface area contributed by atoms with E-state index in [4.69, 9.17) is 8.97 Å². The van der Waals surface area contributed by atoms with Crippen molar-refractivity contribution in [1.82, 2.24) is 0 Å². The van der Waals surface area contributed by atoms with E-state index in [9.17, 15) is 13.2 Å². The molecular formula is C11H12NNaO5S. The number of hydrogen-bond donors (Lipinski definition) is 1. The molecule has 2 aromatic rings. The summed E-state index contributed by atoms with van der Waals surface area (Å²) in [6.45, 7) is 1.76. The molecule has 0 radical (unpaired) electrons. The van der Waals surface area contributed by atoms with E-state index in [2.05, 4.69) is 0 Å². The molecule has 0 saturated carbocycles. The van der Waals surface area contributed by atoms with Crippen molar-refractivity contribution in [1.29, 1.82) is 0 Å². The summed E-state index contributed by atoms with van der Waals surface area (Å²) in [7, 11) is -3.13. The first-order valence-electron chi connectivity index (χ1n) is 5.05. The van der Waals surface area contributed by atoms with Crippen LogP contribution in [0, 0.1) is 6.92 Å².